The fourth-order valence-electron chi connectivity index (χ4n) is 1.73. The van der Waals surface area contributed by atoms with E-state index in [1.807, 2.05) is 18.2 Å². The summed E-state index contributed by atoms with van der Waals surface area (Å²) in [7, 11) is 1.64. The smallest absolute Gasteiger partial charge is 0.119 e. The van der Waals surface area contributed by atoms with Gasteiger partial charge in [0, 0.05) is 11.0 Å². The number of hydrogen-bond donors (Lipinski definition) is 1. The molecule has 2 aromatic rings. The van der Waals surface area contributed by atoms with Gasteiger partial charge in [-0.2, -0.15) is 5.26 Å². The van der Waals surface area contributed by atoms with Gasteiger partial charge in [-0.3, -0.25) is 0 Å². The second-order valence-corrected chi connectivity index (χ2v) is 5.38. The van der Waals surface area contributed by atoms with E-state index in [0.29, 0.717) is 17.1 Å². The predicted molar refractivity (Wildman–Crippen MR) is 84.2 cm³/mol. The normalized spacial score (nSPS) is 9.90. The summed E-state index contributed by atoms with van der Waals surface area (Å²) in [6.45, 7) is 0.601. The van der Waals surface area contributed by atoms with E-state index in [1.54, 1.807) is 25.3 Å². The quantitative estimate of drug-likeness (QED) is 0.876. The molecule has 0 saturated heterocycles. The van der Waals surface area contributed by atoms with Gasteiger partial charge in [0.05, 0.1) is 29.5 Å². The molecule has 20 heavy (non-hydrogen) atoms. The largest absolute Gasteiger partial charge is 0.497 e. The SMILES string of the molecule is COc1ccc(Br)c(CNc2ccc(C#N)cc2Cl)c1. The predicted octanol–water partition coefficient (Wildman–Crippen LogP) is 4.59. The van der Waals surface area contributed by atoms with Crippen LogP contribution in [-0.2, 0) is 6.54 Å². The van der Waals surface area contributed by atoms with E-state index in [2.05, 4.69) is 27.3 Å². The van der Waals surface area contributed by atoms with Crippen LogP contribution < -0.4 is 10.1 Å². The zero-order valence-electron chi connectivity index (χ0n) is 10.8. The first-order valence-electron chi connectivity index (χ1n) is 5.90. The van der Waals surface area contributed by atoms with Crippen LogP contribution in [0.15, 0.2) is 40.9 Å². The molecule has 0 saturated carbocycles. The Bertz CT molecular complexity index is 667. The first-order valence-corrected chi connectivity index (χ1v) is 7.07. The summed E-state index contributed by atoms with van der Waals surface area (Å²) in [6, 6.07) is 13.0. The van der Waals surface area contributed by atoms with Crippen molar-refractivity contribution in [2.45, 2.75) is 6.54 Å². The minimum absolute atomic E-state index is 0.531. The van der Waals surface area contributed by atoms with Crippen LogP contribution in [-0.4, -0.2) is 7.11 Å². The molecule has 1 N–H and O–H groups in total. The summed E-state index contributed by atoms with van der Waals surface area (Å²) in [6.07, 6.45) is 0. The molecular formula is C15H12BrClN2O. The molecule has 0 amide bonds. The average Bonchev–Trinajstić information content (AvgIpc) is 2.47. The van der Waals surface area contributed by atoms with Gasteiger partial charge in [0.25, 0.3) is 0 Å². The Labute approximate surface area is 131 Å². The van der Waals surface area contributed by atoms with Gasteiger partial charge in [-0.25, -0.2) is 0 Å². The van der Waals surface area contributed by atoms with Crippen molar-refractivity contribution in [3.8, 4) is 11.8 Å². The summed E-state index contributed by atoms with van der Waals surface area (Å²) in [5.74, 6) is 0.802. The van der Waals surface area contributed by atoms with Gasteiger partial charge in [0.2, 0.25) is 0 Å². The van der Waals surface area contributed by atoms with E-state index in [4.69, 9.17) is 21.6 Å². The summed E-state index contributed by atoms with van der Waals surface area (Å²) < 4.78 is 6.20. The highest BCUT2D eigenvalue weighted by atomic mass is 79.9. The average molecular weight is 352 g/mol. The van der Waals surface area contributed by atoms with E-state index in [-0.39, 0.29) is 0 Å². The Morgan fingerprint density at radius 2 is 2.10 bits per heavy atom. The van der Waals surface area contributed by atoms with E-state index in [0.717, 1.165) is 21.5 Å². The second kappa shape index (κ2) is 6.65. The molecule has 2 aromatic carbocycles. The van der Waals surface area contributed by atoms with Crippen molar-refractivity contribution in [3.63, 3.8) is 0 Å². The third-order valence-corrected chi connectivity index (χ3v) is 3.91. The Kier molecular flexibility index (Phi) is 4.89. The van der Waals surface area contributed by atoms with Crippen LogP contribution in [0.5, 0.6) is 5.75 Å². The molecule has 0 heterocycles. The molecule has 0 unspecified atom stereocenters. The number of ether oxygens (including phenoxy) is 1. The monoisotopic (exact) mass is 350 g/mol. The van der Waals surface area contributed by atoms with Gasteiger partial charge in [-0.05, 0) is 42.0 Å². The highest BCUT2D eigenvalue weighted by Gasteiger charge is 2.05. The number of hydrogen-bond acceptors (Lipinski definition) is 3. The van der Waals surface area contributed by atoms with E-state index < -0.39 is 0 Å². The fraction of sp³-hybridized carbons (Fsp3) is 0.133. The molecule has 0 radical (unpaired) electrons. The highest BCUT2D eigenvalue weighted by molar-refractivity contribution is 9.10. The fourth-order valence-corrected chi connectivity index (χ4v) is 2.37. The van der Waals surface area contributed by atoms with Crippen LogP contribution in [0.2, 0.25) is 5.02 Å². The number of rotatable bonds is 4. The Balaban J connectivity index is 2.15. The van der Waals surface area contributed by atoms with Gasteiger partial charge in [0.1, 0.15) is 5.75 Å². The number of nitriles is 1. The summed E-state index contributed by atoms with van der Waals surface area (Å²) >= 11 is 9.63. The highest BCUT2D eigenvalue weighted by Crippen LogP contribution is 2.26. The zero-order chi connectivity index (χ0) is 14.5. The minimum atomic E-state index is 0.531. The van der Waals surface area contributed by atoms with Crippen molar-refractivity contribution in [1.82, 2.24) is 0 Å². The Morgan fingerprint density at radius 1 is 1.30 bits per heavy atom. The third-order valence-electron chi connectivity index (χ3n) is 2.82. The van der Waals surface area contributed by atoms with Crippen LogP contribution >= 0.6 is 27.5 Å². The molecule has 0 fully saturated rings. The van der Waals surface area contributed by atoms with Crippen molar-refractivity contribution in [1.29, 1.82) is 5.26 Å². The van der Waals surface area contributed by atoms with Crippen LogP contribution in [0.3, 0.4) is 0 Å². The second-order valence-electron chi connectivity index (χ2n) is 4.12. The first kappa shape index (κ1) is 14.7. The molecule has 0 spiro atoms. The van der Waals surface area contributed by atoms with Gasteiger partial charge in [0.15, 0.2) is 0 Å². The number of benzene rings is 2. The van der Waals surface area contributed by atoms with E-state index in [1.165, 1.54) is 0 Å². The van der Waals surface area contributed by atoms with Gasteiger partial charge < -0.3 is 10.1 Å². The van der Waals surface area contributed by atoms with Gasteiger partial charge in [-0.1, -0.05) is 27.5 Å². The van der Waals surface area contributed by atoms with E-state index in [9.17, 15) is 0 Å². The molecule has 5 heteroatoms. The molecular weight excluding hydrogens is 340 g/mol. The molecule has 102 valence electrons. The van der Waals surface area contributed by atoms with Crippen molar-refractivity contribution < 1.29 is 4.74 Å². The number of halogens is 2. The lowest BCUT2D eigenvalue weighted by Gasteiger charge is -2.11. The van der Waals surface area contributed by atoms with Gasteiger partial charge in [-0.15, -0.1) is 0 Å². The zero-order valence-corrected chi connectivity index (χ0v) is 13.1. The first-order chi connectivity index (χ1) is 9.63. The van der Waals surface area contributed by atoms with Crippen molar-refractivity contribution in [2.24, 2.45) is 0 Å². The minimum Gasteiger partial charge on any atom is -0.497 e. The molecule has 0 bridgehead atoms. The van der Waals surface area contributed by atoms with Crippen molar-refractivity contribution in [3.05, 3.63) is 57.0 Å². The molecule has 2 rings (SSSR count). The molecule has 0 aliphatic carbocycles. The molecule has 0 atom stereocenters. The Morgan fingerprint density at radius 3 is 2.75 bits per heavy atom. The summed E-state index contributed by atoms with van der Waals surface area (Å²) in [5.41, 5.74) is 2.40. The maximum absolute atomic E-state index is 8.81. The molecule has 3 nitrogen and oxygen atoms in total. The molecule has 0 aliphatic heterocycles. The maximum Gasteiger partial charge on any atom is 0.119 e. The third kappa shape index (κ3) is 3.44. The maximum atomic E-state index is 8.81. The molecule has 0 aromatic heterocycles. The standard InChI is InChI=1S/C15H12BrClN2O/c1-20-12-3-4-13(16)11(7-12)9-19-15-5-2-10(8-18)6-14(15)17/h2-7,19H,9H2,1H3. The summed E-state index contributed by atoms with van der Waals surface area (Å²) in [4.78, 5) is 0. The molecule has 0 aliphatic rings. The topological polar surface area (TPSA) is 45.0 Å². The van der Waals surface area contributed by atoms with Crippen molar-refractivity contribution in [2.75, 3.05) is 12.4 Å². The lowest BCUT2D eigenvalue weighted by atomic mass is 10.2. The van der Waals surface area contributed by atoms with Crippen LogP contribution in [0.25, 0.3) is 0 Å². The number of methoxy groups -OCH3 is 1. The summed E-state index contributed by atoms with van der Waals surface area (Å²) in [5, 5.41) is 12.6. The van der Waals surface area contributed by atoms with Crippen LogP contribution in [0.1, 0.15) is 11.1 Å². The Hall–Kier alpha value is -1.70. The van der Waals surface area contributed by atoms with Crippen LogP contribution in [0.4, 0.5) is 5.69 Å². The lowest BCUT2D eigenvalue weighted by molar-refractivity contribution is 0.414. The number of nitrogens with one attached hydrogen (secondary N) is 1. The lowest BCUT2D eigenvalue weighted by Crippen LogP contribution is -2.01. The number of nitrogens with zero attached hydrogens (tertiary/aromatic N) is 1. The number of anilines is 1. The van der Waals surface area contributed by atoms with Crippen LogP contribution in [0, 0.1) is 11.3 Å². The van der Waals surface area contributed by atoms with Crippen molar-refractivity contribution >= 4 is 33.2 Å². The van der Waals surface area contributed by atoms with Gasteiger partial charge >= 0.3 is 0 Å². The van der Waals surface area contributed by atoms with E-state index >= 15 is 0 Å².